The van der Waals surface area contributed by atoms with Gasteiger partial charge in [-0.3, -0.25) is 0 Å². The summed E-state index contributed by atoms with van der Waals surface area (Å²) in [5, 5.41) is 13.8. The lowest BCUT2D eigenvalue weighted by Gasteiger charge is -2.41. The molecule has 1 unspecified atom stereocenters. The molecule has 0 amide bonds. The molecule has 0 heterocycles. The van der Waals surface area contributed by atoms with E-state index >= 15 is 0 Å². The number of ether oxygens (including phenoxy) is 1. The third-order valence-corrected chi connectivity index (χ3v) is 4.75. The molecule has 1 saturated carbocycles. The quantitative estimate of drug-likeness (QED) is 0.804. The van der Waals surface area contributed by atoms with Crippen LogP contribution >= 0.6 is 0 Å². The maximum atomic E-state index is 10.4. The molecule has 0 aromatic heterocycles. The average molecular weight is 277 g/mol. The Morgan fingerprint density at radius 3 is 2.70 bits per heavy atom. The molecule has 1 aliphatic rings. The Morgan fingerprint density at radius 1 is 1.40 bits per heavy atom. The number of benzene rings is 1. The maximum absolute atomic E-state index is 10.4. The highest BCUT2D eigenvalue weighted by Gasteiger charge is 2.34. The number of hydrogen-bond acceptors (Lipinski definition) is 3. The second kappa shape index (κ2) is 6.59. The molecule has 0 radical (unpaired) electrons. The van der Waals surface area contributed by atoms with E-state index < -0.39 is 6.10 Å². The van der Waals surface area contributed by atoms with Crippen molar-refractivity contribution in [3.05, 3.63) is 29.3 Å². The summed E-state index contributed by atoms with van der Waals surface area (Å²) in [6.45, 7) is 5.89. The molecule has 20 heavy (non-hydrogen) atoms. The van der Waals surface area contributed by atoms with Gasteiger partial charge in [-0.1, -0.05) is 25.0 Å². The van der Waals surface area contributed by atoms with Crippen molar-refractivity contribution in [2.45, 2.75) is 45.6 Å². The van der Waals surface area contributed by atoms with Crippen LogP contribution in [-0.2, 0) is 0 Å². The van der Waals surface area contributed by atoms with Crippen LogP contribution in [0.3, 0.4) is 0 Å². The molecule has 1 aliphatic carbocycles. The van der Waals surface area contributed by atoms with Crippen LogP contribution in [0.2, 0.25) is 0 Å². The lowest BCUT2D eigenvalue weighted by atomic mass is 9.67. The Kier molecular flexibility index (Phi) is 5.06. The van der Waals surface area contributed by atoms with E-state index in [4.69, 9.17) is 4.74 Å². The molecule has 3 heteroatoms. The van der Waals surface area contributed by atoms with E-state index in [1.807, 2.05) is 25.1 Å². The fourth-order valence-electron chi connectivity index (χ4n) is 3.03. The van der Waals surface area contributed by atoms with Gasteiger partial charge >= 0.3 is 0 Å². The molecular weight excluding hydrogens is 250 g/mol. The molecule has 2 rings (SSSR count). The summed E-state index contributed by atoms with van der Waals surface area (Å²) in [5.41, 5.74) is 2.50. The zero-order valence-electron chi connectivity index (χ0n) is 12.9. The molecule has 112 valence electrons. The van der Waals surface area contributed by atoms with E-state index in [1.54, 1.807) is 7.11 Å². The van der Waals surface area contributed by atoms with Gasteiger partial charge in [0.05, 0.1) is 13.2 Å². The van der Waals surface area contributed by atoms with Crippen molar-refractivity contribution >= 4 is 0 Å². The third kappa shape index (κ3) is 3.33. The zero-order chi connectivity index (χ0) is 14.6. The van der Waals surface area contributed by atoms with Crippen molar-refractivity contribution in [1.29, 1.82) is 0 Å². The van der Waals surface area contributed by atoms with Crippen molar-refractivity contribution in [2.75, 3.05) is 20.2 Å². The van der Waals surface area contributed by atoms with Crippen LogP contribution in [0.4, 0.5) is 0 Å². The number of aryl methyl sites for hydroxylation is 1. The minimum absolute atomic E-state index is 0.483. The molecule has 2 N–H and O–H groups in total. The van der Waals surface area contributed by atoms with Crippen LogP contribution in [0.25, 0.3) is 0 Å². The molecule has 1 fully saturated rings. The summed E-state index contributed by atoms with van der Waals surface area (Å²) in [5.74, 6) is 0.763. The first-order valence-corrected chi connectivity index (χ1v) is 7.63. The molecular formula is C17H27NO2. The van der Waals surface area contributed by atoms with E-state index in [1.165, 1.54) is 25.7 Å². The fourth-order valence-corrected chi connectivity index (χ4v) is 3.03. The smallest absolute Gasteiger partial charge is 0.124 e. The van der Waals surface area contributed by atoms with Crippen LogP contribution in [0, 0.1) is 12.3 Å². The number of nitrogens with one attached hydrogen (secondary N) is 1. The summed E-state index contributed by atoms with van der Waals surface area (Å²) in [6, 6.07) is 5.93. The standard InChI is InChI=1S/C17H27NO2/c1-4-17(8-5-9-17)12-18-11-15(19)14-10-13(2)6-7-16(14)20-3/h6-7,10,15,18-19H,4-5,8-9,11-12H2,1-3H3. The maximum Gasteiger partial charge on any atom is 0.124 e. The van der Waals surface area contributed by atoms with Crippen molar-refractivity contribution in [2.24, 2.45) is 5.41 Å². The van der Waals surface area contributed by atoms with Gasteiger partial charge in [0.15, 0.2) is 0 Å². The summed E-state index contributed by atoms with van der Waals surface area (Å²) in [4.78, 5) is 0. The summed E-state index contributed by atoms with van der Waals surface area (Å²) >= 11 is 0. The van der Waals surface area contributed by atoms with Gasteiger partial charge in [0.25, 0.3) is 0 Å². The van der Waals surface area contributed by atoms with Gasteiger partial charge in [0, 0.05) is 18.7 Å². The molecule has 0 bridgehead atoms. The lowest BCUT2D eigenvalue weighted by Crippen LogP contribution is -2.40. The highest BCUT2D eigenvalue weighted by atomic mass is 16.5. The van der Waals surface area contributed by atoms with Crippen LogP contribution in [0.15, 0.2) is 18.2 Å². The van der Waals surface area contributed by atoms with Crippen LogP contribution in [0.5, 0.6) is 5.75 Å². The zero-order valence-corrected chi connectivity index (χ0v) is 12.9. The Morgan fingerprint density at radius 2 is 2.15 bits per heavy atom. The van der Waals surface area contributed by atoms with Crippen LogP contribution in [-0.4, -0.2) is 25.3 Å². The molecule has 1 atom stereocenters. The number of methoxy groups -OCH3 is 1. The van der Waals surface area contributed by atoms with Gasteiger partial charge < -0.3 is 15.2 Å². The predicted molar refractivity (Wildman–Crippen MR) is 82.1 cm³/mol. The Balaban J connectivity index is 1.91. The Labute approximate surface area is 122 Å². The van der Waals surface area contributed by atoms with Gasteiger partial charge in [-0.2, -0.15) is 0 Å². The first-order chi connectivity index (χ1) is 9.60. The first kappa shape index (κ1) is 15.3. The molecule has 0 saturated heterocycles. The molecule has 0 aliphatic heterocycles. The molecule has 1 aromatic rings. The monoisotopic (exact) mass is 277 g/mol. The van der Waals surface area contributed by atoms with E-state index in [-0.39, 0.29) is 0 Å². The largest absolute Gasteiger partial charge is 0.496 e. The van der Waals surface area contributed by atoms with Crippen LogP contribution in [0.1, 0.15) is 49.8 Å². The normalized spacial score (nSPS) is 18.4. The highest BCUT2D eigenvalue weighted by molar-refractivity contribution is 5.38. The Hall–Kier alpha value is -1.06. The number of hydrogen-bond donors (Lipinski definition) is 2. The number of aliphatic hydroxyl groups excluding tert-OH is 1. The minimum atomic E-state index is -0.515. The van der Waals surface area contributed by atoms with Gasteiger partial charge in [0.2, 0.25) is 0 Å². The van der Waals surface area contributed by atoms with E-state index in [9.17, 15) is 5.11 Å². The molecule has 3 nitrogen and oxygen atoms in total. The predicted octanol–water partition coefficient (Wildman–Crippen LogP) is 3.21. The summed E-state index contributed by atoms with van der Waals surface area (Å²) in [7, 11) is 1.65. The second-order valence-electron chi connectivity index (χ2n) is 6.10. The van der Waals surface area contributed by atoms with Crippen molar-refractivity contribution in [1.82, 2.24) is 5.32 Å². The van der Waals surface area contributed by atoms with Crippen LogP contribution < -0.4 is 10.1 Å². The van der Waals surface area contributed by atoms with Gasteiger partial charge in [-0.15, -0.1) is 0 Å². The first-order valence-electron chi connectivity index (χ1n) is 7.63. The van der Waals surface area contributed by atoms with E-state index in [0.717, 1.165) is 23.4 Å². The Bertz CT molecular complexity index is 435. The van der Waals surface area contributed by atoms with E-state index in [2.05, 4.69) is 12.2 Å². The van der Waals surface area contributed by atoms with E-state index in [0.29, 0.717) is 12.0 Å². The topological polar surface area (TPSA) is 41.5 Å². The van der Waals surface area contributed by atoms with Gasteiger partial charge in [-0.05, 0) is 43.7 Å². The van der Waals surface area contributed by atoms with Gasteiger partial charge in [0.1, 0.15) is 5.75 Å². The summed E-state index contributed by atoms with van der Waals surface area (Å²) in [6.07, 6.45) is 4.70. The number of aliphatic hydroxyl groups is 1. The third-order valence-electron chi connectivity index (χ3n) is 4.75. The lowest BCUT2D eigenvalue weighted by molar-refractivity contribution is 0.109. The number of rotatable bonds is 7. The average Bonchev–Trinajstić information content (AvgIpc) is 2.41. The fraction of sp³-hybridized carbons (Fsp3) is 0.647. The second-order valence-corrected chi connectivity index (χ2v) is 6.10. The SMILES string of the molecule is CCC1(CNCC(O)c2cc(C)ccc2OC)CCC1. The molecule has 1 aromatic carbocycles. The highest BCUT2D eigenvalue weighted by Crippen LogP contribution is 2.43. The minimum Gasteiger partial charge on any atom is -0.496 e. The summed E-state index contributed by atoms with van der Waals surface area (Å²) < 4.78 is 5.33. The van der Waals surface area contributed by atoms with Crippen molar-refractivity contribution in [3.63, 3.8) is 0 Å². The van der Waals surface area contributed by atoms with Crippen molar-refractivity contribution < 1.29 is 9.84 Å². The van der Waals surface area contributed by atoms with Gasteiger partial charge in [-0.25, -0.2) is 0 Å². The molecule has 0 spiro atoms. The van der Waals surface area contributed by atoms with Crippen molar-refractivity contribution in [3.8, 4) is 5.75 Å².